The Hall–Kier alpha value is -1.99. The number of aromatic amines is 1. The molecular weight excluding hydrogens is 383 g/mol. The molecule has 0 saturated carbocycles. The zero-order valence-electron chi connectivity index (χ0n) is 12.9. The van der Waals surface area contributed by atoms with Crippen molar-refractivity contribution < 1.29 is 26.4 Å². The summed E-state index contributed by atoms with van der Waals surface area (Å²) in [7, 11) is -2.21. The van der Waals surface area contributed by atoms with Gasteiger partial charge in [-0.25, -0.2) is 12.7 Å². The predicted octanol–water partition coefficient (Wildman–Crippen LogP) is 1.92. The number of hydrogen-bond acceptors (Lipinski definition) is 6. The summed E-state index contributed by atoms with van der Waals surface area (Å²) < 4.78 is 62.7. The van der Waals surface area contributed by atoms with E-state index in [1.807, 2.05) is 0 Å². The Kier molecular flexibility index (Phi) is 5.80. The minimum atomic E-state index is -4.69. The van der Waals surface area contributed by atoms with Gasteiger partial charge in [0.05, 0.1) is 0 Å². The van der Waals surface area contributed by atoms with E-state index in [4.69, 9.17) is 0 Å². The quantitative estimate of drug-likeness (QED) is 0.742. The highest BCUT2D eigenvalue weighted by Crippen LogP contribution is 2.26. The number of carbonyl (C=O) groups is 1. The normalized spacial score (nSPS) is 12.5. The van der Waals surface area contributed by atoms with Crippen LogP contribution >= 0.6 is 11.3 Å². The van der Waals surface area contributed by atoms with Gasteiger partial charge in [0.2, 0.25) is 17.7 Å². The fourth-order valence-corrected chi connectivity index (χ4v) is 4.19. The number of halogens is 3. The second-order valence-electron chi connectivity index (χ2n) is 4.92. The van der Waals surface area contributed by atoms with E-state index in [1.165, 1.54) is 13.1 Å². The zero-order valence-corrected chi connectivity index (χ0v) is 14.5. The summed E-state index contributed by atoms with van der Waals surface area (Å²) in [5.74, 6) is -2.42. The minimum Gasteiger partial charge on any atom is -0.293 e. The highest BCUT2D eigenvalue weighted by atomic mass is 32.2. The number of sulfonamides is 1. The van der Waals surface area contributed by atoms with Crippen molar-refractivity contribution in [3.63, 3.8) is 0 Å². The summed E-state index contributed by atoms with van der Waals surface area (Å²) in [6.45, 7) is 0.0788. The molecule has 2 aromatic rings. The van der Waals surface area contributed by atoms with Crippen molar-refractivity contribution in [2.45, 2.75) is 23.2 Å². The van der Waals surface area contributed by atoms with E-state index in [1.54, 1.807) is 16.5 Å². The number of alkyl halides is 3. The van der Waals surface area contributed by atoms with E-state index in [0.717, 1.165) is 15.6 Å². The molecule has 2 N–H and O–H groups in total. The lowest BCUT2D eigenvalue weighted by molar-refractivity contribution is -0.144. The average molecular weight is 397 g/mol. The van der Waals surface area contributed by atoms with E-state index in [2.05, 4.69) is 15.4 Å². The maximum atomic E-state index is 12.4. The van der Waals surface area contributed by atoms with Crippen LogP contribution in [0.2, 0.25) is 0 Å². The maximum absolute atomic E-state index is 12.4. The third-order valence-electron chi connectivity index (χ3n) is 3.04. The number of nitrogens with one attached hydrogen (secondary N) is 2. The Morgan fingerprint density at radius 3 is 2.72 bits per heavy atom. The van der Waals surface area contributed by atoms with Crippen LogP contribution in [0.1, 0.15) is 18.7 Å². The molecule has 0 bridgehead atoms. The van der Waals surface area contributed by atoms with Crippen LogP contribution in [0.3, 0.4) is 0 Å². The minimum absolute atomic E-state index is 0.0788. The molecule has 2 rings (SSSR count). The molecule has 25 heavy (non-hydrogen) atoms. The number of thiophene rings is 1. The van der Waals surface area contributed by atoms with Crippen molar-refractivity contribution in [3.8, 4) is 0 Å². The van der Waals surface area contributed by atoms with Crippen molar-refractivity contribution in [1.82, 2.24) is 19.5 Å². The standard InChI is InChI=1S/C12H14F3N5O3S2/c1-20(25(22,23)9-5-3-7-24-9)6-2-4-8(21)16-11-17-10(18-19-11)12(13,14)15/h3,5,7H,2,4,6H2,1H3,(H2,16,17,18,19,21). The second-order valence-corrected chi connectivity index (χ2v) is 8.14. The van der Waals surface area contributed by atoms with Crippen LogP contribution in [0, 0.1) is 0 Å². The third kappa shape index (κ3) is 4.99. The number of aromatic nitrogens is 3. The lowest BCUT2D eigenvalue weighted by Crippen LogP contribution is -2.28. The second kappa shape index (κ2) is 7.49. The van der Waals surface area contributed by atoms with Crippen molar-refractivity contribution in [1.29, 1.82) is 0 Å². The number of carbonyl (C=O) groups excluding carboxylic acids is 1. The Labute approximate surface area is 145 Å². The molecule has 0 atom stereocenters. The monoisotopic (exact) mass is 397 g/mol. The summed E-state index contributed by atoms with van der Waals surface area (Å²) in [4.78, 5) is 14.8. The molecule has 2 heterocycles. The molecule has 0 radical (unpaired) electrons. The highest BCUT2D eigenvalue weighted by Gasteiger charge is 2.35. The summed E-state index contributed by atoms with van der Waals surface area (Å²) in [5, 5.41) is 8.67. The van der Waals surface area contributed by atoms with Gasteiger partial charge in [0.25, 0.3) is 10.0 Å². The summed E-state index contributed by atoms with van der Waals surface area (Å²) >= 11 is 1.08. The maximum Gasteiger partial charge on any atom is 0.451 e. The molecule has 8 nitrogen and oxygen atoms in total. The Bertz CT molecular complexity index is 817. The van der Waals surface area contributed by atoms with E-state index in [-0.39, 0.29) is 23.6 Å². The topological polar surface area (TPSA) is 108 Å². The van der Waals surface area contributed by atoms with Crippen LogP contribution in [0.15, 0.2) is 21.7 Å². The Morgan fingerprint density at radius 2 is 2.16 bits per heavy atom. The first-order chi connectivity index (χ1) is 11.6. The van der Waals surface area contributed by atoms with Gasteiger partial charge in [0.15, 0.2) is 0 Å². The van der Waals surface area contributed by atoms with Gasteiger partial charge < -0.3 is 0 Å². The first kappa shape index (κ1) is 19.3. The van der Waals surface area contributed by atoms with Gasteiger partial charge in [0, 0.05) is 20.0 Å². The van der Waals surface area contributed by atoms with Gasteiger partial charge in [-0.2, -0.15) is 18.2 Å². The molecule has 0 fully saturated rings. The zero-order chi connectivity index (χ0) is 18.7. The molecule has 0 aliphatic heterocycles. The smallest absolute Gasteiger partial charge is 0.293 e. The molecule has 0 aromatic carbocycles. The first-order valence-electron chi connectivity index (χ1n) is 6.90. The summed E-state index contributed by atoms with van der Waals surface area (Å²) in [6, 6.07) is 3.09. The molecule has 1 amide bonds. The number of nitrogens with zero attached hydrogens (tertiary/aromatic N) is 3. The molecule has 0 unspecified atom stereocenters. The van der Waals surface area contributed by atoms with Crippen LogP contribution in [-0.2, 0) is 21.0 Å². The molecule has 0 aliphatic carbocycles. The SMILES string of the molecule is CN(CCCC(=O)Nc1n[nH]c(C(F)(F)F)n1)S(=O)(=O)c1cccs1. The molecule has 0 spiro atoms. The van der Waals surface area contributed by atoms with E-state index >= 15 is 0 Å². The molecule has 138 valence electrons. The van der Waals surface area contributed by atoms with Gasteiger partial charge in [-0.3, -0.25) is 15.2 Å². The Balaban J connectivity index is 1.82. The van der Waals surface area contributed by atoms with E-state index in [0.29, 0.717) is 0 Å². The number of anilines is 1. The van der Waals surface area contributed by atoms with Crippen molar-refractivity contribution >= 4 is 33.2 Å². The van der Waals surface area contributed by atoms with Crippen LogP contribution in [0.5, 0.6) is 0 Å². The van der Waals surface area contributed by atoms with Gasteiger partial charge in [0.1, 0.15) is 4.21 Å². The van der Waals surface area contributed by atoms with Gasteiger partial charge in [-0.15, -0.1) is 16.4 Å². The fraction of sp³-hybridized carbons (Fsp3) is 0.417. The van der Waals surface area contributed by atoms with Crippen LogP contribution in [0.25, 0.3) is 0 Å². The number of H-pyrrole nitrogens is 1. The lowest BCUT2D eigenvalue weighted by atomic mass is 10.3. The third-order valence-corrected chi connectivity index (χ3v) is 6.27. The summed E-state index contributed by atoms with van der Waals surface area (Å²) in [5.41, 5.74) is 0. The largest absolute Gasteiger partial charge is 0.451 e. The van der Waals surface area contributed by atoms with Crippen molar-refractivity contribution in [3.05, 3.63) is 23.3 Å². The van der Waals surface area contributed by atoms with E-state index < -0.39 is 33.9 Å². The number of amides is 1. The fourth-order valence-electron chi connectivity index (χ4n) is 1.78. The predicted molar refractivity (Wildman–Crippen MR) is 83.4 cm³/mol. The number of hydrogen-bond donors (Lipinski definition) is 2. The molecule has 2 aromatic heterocycles. The van der Waals surface area contributed by atoms with Crippen LogP contribution < -0.4 is 5.32 Å². The van der Waals surface area contributed by atoms with Gasteiger partial charge in [-0.05, 0) is 17.9 Å². The number of rotatable bonds is 7. The average Bonchev–Trinajstić information content (AvgIpc) is 3.17. The Morgan fingerprint density at radius 1 is 1.44 bits per heavy atom. The van der Waals surface area contributed by atoms with Crippen molar-refractivity contribution in [2.24, 2.45) is 0 Å². The van der Waals surface area contributed by atoms with Gasteiger partial charge >= 0.3 is 6.18 Å². The van der Waals surface area contributed by atoms with Crippen LogP contribution in [0.4, 0.5) is 19.1 Å². The lowest BCUT2D eigenvalue weighted by Gasteiger charge is -2.15. The van der Waals surface area contributed by atoms with Gasteiger partial charge in [-0.1, -0.05) is 6.07 Å². The first-order valence-corrected chi connectivity index (χ1v) is 9.22. The molecule has 0 saturated heterocycles. The van der Waals surface area contributed by atoms with Crippen molar-refractivity contribution in [2.75, 3.05) is 18.9 Å². The summed E-state index contributed by atoms with van der Waals surface area (Å²) in [6.07, 6.45) is -4.60. The highest BCUT2D eigenvalue weighted by molar-refractivity contribution is 7.91. The molecule has 0 aliphatic rings. The van der Waals surface area contributed by atoms with E-state index in [9.17, 15) is 26.4 Å². The molecular formula is C12H14F3N5O3S2. The van der Waals surface area contributed by atoms with Crippen LogP contribution in [-0.4, -0.2) is 47.4 Å². The molecule has 13 heteroatoms.